The van der Waals surface area contributed by atoms with Gasteiger partial charge in [-0.3, -0.25) is 0 Å². The van der Waals surface area contributed by atoms with E-state index in [-0.39, 0.29) is 6.04 Å². The second-order valence-electron chi connectivity index (χ2n) is 4.59. The van der Waals surface area contributed by atoms with Crippen molar-refractivity contribution in [3.05, 3.63) is 65.2 Å². The van der Waals surface area contributed by atoms with Crippen molar-refractivity contribution in [1.82, 2.24) is 0 Å². The SMILES string of the molecule is Cc1cccc(OCC(N)c2ccccc2C)c1. The molecule has 0 amide bonds. The van der Waals surface area contributed by atoms with Crippen LogP contribution in [0.25, 0.3) is 0 Å². The van der Waals surface area contributed by atoms with E-state index < -0.39 is 0 Å². The summed E-state index contributed by atoms with van der Waals surface area (Å²) in [5.41, 5.74) is 9.70. The first kappa shape index (κ1) is 12.7. The lowest BCUT2D eigenvalue weighted by Crippen LogP contribution is -2.19. The minimum absolute atomic E-state index is 0.0910. The summed E-state index contributed by atoms with van der Waals surface area (Å²) in [7, 11) is 0. The normalized spacial score (nSPS) is 12.2. The third-order valence-corrected chi connectivity index (χ3v) is 3.01. The fourth-order valence-corrected chi connectivity index (χ4v) is 1.98. The van der Waals surface area contributed by atoms with Crippen LogP contribution in [-0.4, -0.2) is 6.61 Å². The van der Waals surface area contributed by atoms with Gasteiger partial charge in [0.2, 0.25) is 0 Å². The number of benzene rings is 2. The maximum atomic E-state index is 6.16. The summed E-state index contributed by atoms with van der Waals surface area (Å²) < 4.78 is 5.73. The van der Waals surface area contributed by atoms with E-state index in [1.54, 1.807) is 0 Å². The molecular weight excluding hydrogens is 222 g/mol. The molecule has 18 heavy (non-hydrogen) atoms. The molecule has 0 bridgehead atoms. The molecule has 0 radical (unpaired) electrons. The van der Waals surface area contributed by atoms with Crippen LogP contribution in [-0.2, 0) is 0 Å². The third kappa shape index (κ3) is 3.11. The zero-order valence-electron chi connectivity index (χ0n) is 10.9. The monoisotopic (exact) mass is 241 g/mol. The Bertz CT molecular complexity index is 522. The fourth-order valence-electron chi connectivity index (χ4n) is 1.98. The third-order valence-electron chi connectivity index (χ3n) is 3.01. The highest BCUT2D eigenvalue weighted by Crippen LogP contribution is 2.18. The average molecular weight is 241 g/mol. The van der Waals surface area contributed by atoms with Crippen LogP contribution in [0.15, 0.2) is 48.5 Å². The lowest BCUT2D eigenvalue weighted by Gasteiger charge is -2.15. The second-order valence-corrected chi connectivity index (χ2v) is 4.59. The van der Waals surface area contributed by atoms with Crippen LogP contribution in [0, 0.1) is 13.8 Å². The van der Waals surface area contributed by atoms with E-state index in [0.29, 0.717) is 6.61 Å². The Hall–Kier alpha value is -1.80. The van der Waals surface area contributed by atoms with Crippen LogP contribution in [0.5, 0.6) is 5.75 Å². The second kappa shape index (κ2) is 5.69. The van der Waals surface area contributed by atoms with E-state index >= 15 is 0 Å². The van der Waals surface area contributed by atoms with Gasteiger partial charge in [-0.05, 0) is 42.7 Å². The van der Waals surface area contributed by atoms with Crippen LogP contribution in [0.2, 0.25) is 0 Å². The Kier molecular flexibility index (Phi) is 4.00. The van der Waals surface area contributed by atoms with Crippen molar-refractivity contribution in [3.8, 4) is 5.75 Å². The standard InChI is InChI=1S/C16H19NO/c1-12-6-5-8-14(10-12)18-11-16(17)15-9-4-3-7-13(15)2/h3-10,16H,11,17H2,1-2H3. The molecule has 0 aromatic heterocycles. The van der Waals surface area contributed by atoms with Gasteiger partial charge in [0.15, 0.2) is 0 Å². The maximum absolute atomic E-state index is 6.16. The van der Waals surface area contributed by atoms with Gasteiger partial charge in [0.1, 0.15) is 12.4 Å². The average Bonchev–Trinajstić information content (AvgIpc) is 2.37. The first-order valence-corrected chi connectivity index (χ1v) is 6.17. The molecule has 2 aromatic carbocycles. The van der Waals surface area contributed by atoms with Crippen molar-refractivity contribution >= 4 is 0 Å². The highest BCUT2D eigenvalue weighted by Gasteiger charge is 2.09. The van der Waals surface area contributed by atoms with Crippen LogP contribution in [0.1, 0.15) is 22.7 Å². The van der Waals surface area contributed by atoms with Gasteiger partial charge in [0.05, 0.1) is 6.04 Å². The summed E-state index contributed by atoms with van der Waals surface area (Å²) >= 11 is 0. The van der Waals surface area contributed by atoms with Crippen LogP contribution in [0.4, 0.5) is 0 Å². The molecule has 1 atom stereocenters. The minimum Gasteiger partial charge on any atom is -0.492 e. The summed E-state index contributed by atoms with van der Waals surface area (Å²) in [6.45, 7) is 4.62. The largest absolute Gasteiger partial charge is 0.492 e. The van der Waals surface area contributed by atoms with Gasteiger partial charge in [0.25, 0.3) is 0 Å². The Morgan fingerprint density at radius 3 is 2.56 bits per heavy atom. The summed E-state index contributed by atoms with van der Waals surface area (Å²) in [6, 6.07) is 16.1. The smallest absolute Gasteiger partial charge is 0.119 e. The van der Waals surface area contributed by atoms with Crippen molar-refractivity contribution in [3.63, 3.8) is 0 Å². The minimum atomic E-state index is -0.0910. The van der Waals surface area contributed by atoms with Crippen molar-refractivity contribution in [1.29, 1.82) is 0 Å². The van der Waals surface area contributed by atoms with Crippen molar-refractivity contribution < 1.29 is 4.74 Å². The van der Waals surface area contributed by atoms with Crippen molar-refractivity contribution in [2.45, 2.75) is 19.9 Å². The van der Waals surface area contributed by atoms with Gasteiger partial charge in [-0.15, -0.1) is 0 Å². The summed E-state index contributed by atoms with van der Waals surface area (Å²) in [6.07, 6.45) is 0. The van der Waals surface area contributed by atoms with Crippen molar-refractivity contribution in [2.75, 3.05) is 6.61 Å². The van der Waals surface area contributed by atoms with Crippen LogP contribution >= 0.6 is 0 Å². The van der Waals surface area contributed by atoms with Gasteiger partial charge in [0, 0.05) is 0 Å². The number of rotatable bonds is 4. The molecule has 2 nitrogen and oxygen atoms in total. The molecule has 0 saturated heterocycles. The quantitative estimate of drug-likeness (QED) is 0.890. The van der Waals surface area contributed by atoms with Gasteiger partial charge >= 0.3 is 0 Å². The Balaban J connectivity index is 2.00. The molecule has 1 unspecified atom stereocenters. The molecule has 2 heteroatoms. The number of aryl methyl sites for hydroxylation is 2. The molecule has 0 heterocycles. The van der Waals surface area contributed by atoms with Crippen LogP contribution in [0.3, 0.4) is 0 Å². The van der Waals surface area contributed by atoms with Gasteiger partial charge < -0.3 is 10.5 Å². The maximum Gasteiger partial charge on any atom is 0.119 e. The van der Waals surface area contributed by atoms with E-state index in [2.05, 4.69) is 19.1 Å². The van der Waals surface area contributed by atoms with E-state index in [4.69, 9.17) is 10.5 Å². The zero-order valence-corrected chi connectivity index (χ0v) is 10.9. The highest BCUT2D eigenvalue weighted by atomic mass is 16.5. The molecule has 0 spiro atoms. The summed E-state index contributed by atoms with van der Waals surface area (Å²) in [5.74, 6) is 0.874. The Morgan fingerprint density at radius 2 is 1.83 bits per heavy atom. The predicted octanol–water partition coefficient (Wildman–Crippen LogP) is 3.38. The Labute approximate surface area is 108 Å². The van der Waals surface area contributed by atoms with E-state index in [0.717, 1.165) is 11.3 Å². The summed E-state index contributed by atoms with van der Waals surface area (Å²) in [5, 5.41) is 0. The molecule has 2 rings (SSSR count). The number of nitrogens with two attached hydrogens (primary N) is 1. The molecule has 0 aliphatic carbocycles. The van der Waals surface area contributed by atoms with E-state index in [1.165, 1.54) is 11.1 Å². The molecule has 2 N–H and O–H groups in total. The van der Waals surface area contributed by atoms with Gasteiger partial charge in [-0.2, -0.15) is 0 Å². The first-order chi connectivity index (χ1) is 8.66. The molecule has 94 valence electrons. The van der Waals surface area contributed by atoms with Gasteiger partial charge in [-0.25, -0.2) is 0 Å². The molecule has 0 saturated carbocycles. The Morgan fingerprint density at radius 1 is 1.06 bits per heavy atom. The molecule has 0 fully saturated rings. The zero-order chi connectivity index (χ0) is 13.0. The lowest BCUT2D eigenvalue weighted by atomic mass is 10.0. The van der Waals surface area contributed by atoms with E-state index in [9.17, 15) is 0 Å². The number of ether oxygens (including phenoxy) is 1. The molecular formula is C16H19NO. The topological polar surface area (TPSA) is 35.2 Å². The summed E-state index contributed by atoms with van der Waals surface area (Å²) in [4.78, 5) is 0. The van der Waals surface area contributed by atoms with Gasteiger partial charge in [-0.1, -0.05) is 36.4 Å². The first-order valence-electron chi connectivity index (χ1n) is 6.17. The molecule has 0 aliphatic heterocycles. The van der Waals surface area contributed by atoms with E-state index in [1.807, 2.05) is 43.3 Å². The fraction of sp³-hybridized carbons (Fsp3) is 0.250. The van der Waals surface area contributed by atoms with Crippen LogP contribution < -0.4 is 10.5 Å². The number of hydrogen-bond donors (Lipinski definition) is 1. The predicted molar refractivity (Wildman–Crippen MR) is 74.8 cm³/mol. The van der Waals surface area contributed by atoms with Crippen molar-refractivity contribution in [2.24, 2.45) is 5.73 Å². The molecule has 2 aromatic rings. The highest BCUT2D eigenvalue weighted by molar-refractivity contribution is 5.30. The molecule has 0 aliphatic rings. The number of hydrogen-bond acceptors (Lipinski definition) is 2. The lowest BCUT2D eigenvalue weighted by molar-refractivity contribution is 0.290.